The van der Waals surface area contributed by atoms with Crippen molar-refractivity contribution >= 4 is 66.8 Å². The van der Waals surface area contributed by atoms with Gasteiger partial charge in [0.2, 0.25) is 0 Å². The molecule has 0 saturated carbocycles. The van der Waals surface area contributed by atoms with Crippen LogP contribution in [0.3, 0.4) is 0 Å². The third kappa shape index (κ3) is 6.89. The Morgan fingerprint density at radius 2 is 1.19 bits per heavy atom. The highest BCUT2D eigenvalue weighted by Gasteiger charge is 2.19. The fourth-order valence-corrected chi connectivity index (χ4v) is 7.35. The lowest BCUT2D eigenvalue weighted by Crippen LogP contribution is -2.35. The molecule has 4 aromatic rings. The third-order valence-electron chi connectivity index (χ3n) is 7.21. The van der Waals surface area contributed by atoms with Gasteiger partial charge in [-0.2, -0.15) is 0 Å². The van der Waals surface area contributed by atoms with Crippen LogP contribution in [0.1, 0.15) is 25.7 Å². The number of fused-ring (bicyclic) bond motifs is 2. The van der Waals surface area contributed by atoms with Crippen LogP contribution in [0.15, 0.2) is 70.7 Å². The molecule has 2 atom stereocenters. The van der Waals surface area contributed by atoms with Crippen LogP contribution in [0.5, 0.6) is 0 Å². The van der Waals surface area contributed by atoms with E-state index >= 15 is 0 Å². The predicted octanol–water partition coefficient (Wildman–Crippen LogP) is 6.18. The van der Waals surface area contributed by atoms with E-state index in [2.05, 4.69) is 31.2 Å². The molecule has 0 radical (unpaired) electrons. The molecule has 4 N–H and O–H groups in total. The molecule has 2 aromatic carbocycles. The first-order valence-corrected chi connectivity index (χ1v) is 16.2. The summed E-state index contributed by atoms with van der Waals surface area (Å²) in [5.74, 6) is 0. The second-order valence-electron chi connectivity index (χ2n) is 10.1. The summed E-state index contributed by atoms with van der Waals surface area (Å²) < 4.78 is 11.2. The summed E-state index contributed by atoms with van der Waals surface area (Å²) in [4.78, 5) is 36.3. The third-order valence-corrected chi connectivity index (χ3v) is 9.64. The minimum absolute atomic E-state index is 0.0780. The van der Waals surface area contributed by atoms with Crippen molar-refractivity contribution in [2.75, 3.05) is 36.9 Å². The summed E-state index contributed by atoms with van der Waals surface area (Å²) in [7, 11) is 3.14. The van der Waals surface area contributed by atoms with Gasteiger partial charge in [-0.15, -0.1) is 0 Å². The summed E-state index contributed by atoms with van der Waals surface area (Å²) in [6, 6.07) is 14.8. The first-order chi connectivity index (χ1) is 20.6. The van der Waals surface area contributed by atoms with Crippen molar-refractivity contribution in [2.24, 2.45) is 0 Å². The Balaban J connectivity index is 1.14. The highest BCUT2D eigenvalue weighted by atomic mass is 33.1. The number of hydrogen-bond donors (Lipinski definition) is 4. The number of anilines is 2. The molecule has 2 aliphatic rings. The Morgan fingerprint density at radius 3 is 1.62 bits per heavy atom. The van der Waals surface area contributed by atoms with E-state index in [1.165, 1.54) is 0 Å². The highest BCUT2D eigenvalue weighted by molar-refractivity contribution is 8.76. The van der Waals surface area contributed by atoms with E-state index in [9.17, 15) is 9.59 Å². The zero-order chi connectivity index (χ0) is 28.7. The van der Waals surface area contributed by atoms with Gasteiger partial charge in [0.05, 0.1) is 34.6 Å². The van der Waals surface area contributed by atoms with E-state index in [-0.39, 0.29) is 24.3 Å². The van der Waals surface area contributed by atoms with Crippen LogP contribution in [0.25, 0.3) is 21.8 Å². The summed E-state index contributed by atoms with van der Waals surface area (Å²) in [6.07, 6.45) is 7.64. The molecule has 42 heavy (non-hydrogen) atoms. The topological polar surface area (TPSA) is 127 Å². The molecule has 2 aliphatic heterocycles. The van der Waals surface area contributed by atoms with Crippen LogP contribution in [0, 0.1) is 0 Å². The predicted molar refractivity (Wildman–Crippen MR) is 167 cm³/mol. The first kappa shape index (κ1) is 28.5. The molecule has 12 heteroatoms. The number of carbonyl (C=O) groups is 2. The van der Waals surface area contributed by atoms with Crippen LogP contribution in [0.2, 0.25) is 0 Å². The molecule has 10 nitrogen and oxygen atoms in total. The number of nitrogens with one attached hydrogen (secondary N) is 4. The summed E-state index contributed by atoms with van der Waals surface area (Å²) in [5, 5.41) is 13.4. The van der Waals surface area contributed by atoms with Crippen LogP contribution in [0.4, 0.5) is 21.0 Å². The quantitative estimate of drug-likeness (QED) is 0.167. The number of amides is 4. The number of pyridine rings is 2. The Hall–Kier alpha value is -3.58. The van der Waals surface area contributed by atoms with Crippen molar-refractivity contribution in [3.05, 3.63) is 60.9 Å². The number of nitrogens with zero attached hydrogens (tertiary/aromatic N) is 2. The van der Waals surface area contributed by atoms with Gasteiger partial charge in [0.15, 0.2) is 0 Å². The molecule has 2 aromatic heterocycles. The summed E-state index contributed by atoms with van der Waals surface area (Å²) in [5.41, 5.74) is 2.98. The Bertz CT molecular complexity index is 1460. The maximum absolute atomic E-state index is 12.6. The number of urea groups is 2. The maximum atomic E-state index is 12.6. The second-order valence-corrected chi connectivity index (χ2v) is 12.3. The van der Waals surface area contributed by atoms with Gasteiger partial charge >= 0.3 is 12.1 Å². The monoisotopic (exact) mass is 604 g/mol. The maximum Gasteiger partial charge on any atom is 0.319 e. The van der Waals surface area contributed by atoms with E-state index in [0.29, 0.717) is 24.5 Å². The lowest BCUT2D eigenvalue weighted by atomic mass is 10.2. The van der Waals surface area contributed by atoms with Gasteiger partial charge in [0.25, 0.3) is 0 Å². The van der Waals surface area contributed by atoms with E-state index in [1.54, 1.807) is 34.0 Å². The van der Waals surface area contributed by atoms with Crippen molar-refractivity contribution in [1.29, 1.82) is 0 Å². The molecule has 4 heterocycles. The molecule has 2 unspecified atom stereocenters. The number of aromatic nitrogens is 2. The molecule has 2 saturated heterocycles. The Morgan fingerprint density at radius 1 is 0.714 bits per heavy atom. The SMILES string of the molecule is O=C(NCC1CCCO1)Nc1ccc(SSc2ccc(NC(=O)NCC3CCCO3)c3cccnc23)c2ncccc12. The minimum atomic E-state index is -0.266. The molecule has 0 spiro atoms. The highest BCUT2D eigenvalue weighted by Crippen LogP contribution is 2.44. The van der Waals surface area contributed by atoms with Crippen molar-refractivity contribution in [1.82, 2.24) is 20.6 Å². The average Bonchev–Trinajstić information content (AvgIpc) is 3.74. The largest absolute Gasteiger partial charge is 0.376 e. The first-order valence-electron chi connectivity index (χ1n) is 14.1. The van der Waals surface area contributed by atoms with E-state index in [0.717, 1.165) is 70.5 Å². The molecule has 6 rings (SSSR count). The van der Waals surface area contributed by atoms with Gasteiger partial charge in [-0.3, -0.25) is 9.97 Å². The van der Waals surface area contributed by atoms with Crippen molar-refractivity contribution in [3.8, 4) is 0 Å². The van der Waals surface area contributed by atoms with Gasteiger partial charge in [0.1, 0.15) is 0 Å². The van der Waals surface area contributed by atoms with Gasteiger partial charge < -0.3 is 30.7 Å². The fourth-order valence-electron chi connectivity index (χ4n) is 5.09. The average molecular weight is 605 g/mol. The van der Waals surface area contributed by atoms with Crippen LogP contribution < -0.4 is 21.3 Å². The Labute approximate surface area is 251 Å². The number of rotatable bonds is 9. The van der Waals surface area contributed by atoms with Crippen LogP contribution in [-0.2, 0) is 9.47 Å². The smallest absolute Gasteiger partial charge is 0.319 e. The Kier molecular flexibility index (Phi) is 9.24. The van der Waals surface area contributed by atoms with Crippen LogP contribution >= 0.6 is 21.6 Å². The molecule has 0 bridgehead atoms. The van der Waals surface area contributed by atoms with Gasteiger partial charge in [-0.05, 0) is 74.2 Å². The van der Waals surface area contributed by atoms with Crippen LogP contribution in [-0.4, -0.2) is 60.5 Å². The number of hydrogen-bond acceptors (Lipinski definition) is 8. The van der Waals surface area contributed by atoms with Gasteiger partial charge in [-0.1, -0.05) is 21.6 Å². The zero-order valence-corrected chi connectivity index (χ0v) is 24.6. The van der Waals surface area contributed by atoms with E-state index in [1.807, 2.05) is 48.5 Å². The standard InChI is InChI=1S/C30H32N6O4S2/c37-29(33-17-19-5-3-15-39-19)35-23-9-11-25(27-21(23)7-1-13-31-27)41-42-26-12-10-24(22-8-2-14-32-28(22)26)36-30(38)34-18-20-6-4-16-40-20/h1-2,7-14,19-20H,3-6,15-18H2,(H2,33,35,37)(H2,34,36,38). The molecule has 4 amide bonds. The van der Waals surface area contributed by atoms with Crippen molar-refractivity contribution < 1.29 is 19.1 Å². The normalized spacial score (nSPS) is 18.3. The van der Waals surface area contributed by atoms with Gasteiger partial charge in [0, 0.05) is 59.3 Å². The lowest BCUT2D eigenvalue weighted by Gasteiger charge is -2.15. The molecule has 2 fully saturated rings. The van der Waals surface area contributed by atoms with E-state index in [4.69, 9.17) is 9.47 Å². The van der Waals surface area contributed by atoms with E-state index < -0.39 is 0 Å². The van der Waals surface area contributed by atoms with Crippen molar-refractivity contribution in [3.63, 3.8) is 0 Å². The molecular formula is C30H32N6O4S2. The number of benzene rings is 2. The van der Waals surface area contributed by atoms with Crippen molar-refractivity contribution in [2.45, 2.75) is 47.7 Å². The fraction of sp³-hybridized carbons (Fsp3) is 0.333. The molecule has 0 aliphatic carbocycles. The molecular weight excluding hydrogens is 573 g/mol. The lowest BCUT2D eigenvalue weighted by molar-refractivity contribution is 0.112. The molecule has 218 valence electrons. The second kappa shape index (κ2) is 13.6. The zero-order valence-electron chi connectivity index (χ0n) is 22.9. The van der Waals surface area contributed by atoms with Gasteiger partial charge in [-0.25, -0.2) is 9.59 Å². The minimum Gasteiger partial charge on any atom is -0.376 e. The summed E-state index contributed by atoms with van der Waals surface area (Å²) >= 11 is 0. The number of ether oxygens (including phenoxy) is 2. The summed E-state index contributed by atoms with van der Waals surface area (Å²) in [6.45, 7) is 2.48. The number of carbonyl (C=O) groups excluding carboxylic acids is 2.